The molecule has 124 valence electrons. The molecule has 1 aliphatic rings. The van der Waals surface area contributed by atoms with Gasteiger partial charge < -0.3 is 9.32 Å². The summed E-state index contributed by atoms with van der Waals surface area (Å²) in [6, 6.07) is 11.6. The predicted octanol–water partition coefficient (Wildman–Crippen LogP) is 2.53. The van der Waals surface area contributed by atoms with Crippen LogP contribution in [0.15, 0.2) is 56.3 Å². The van der Waals surface area contributed by atoms with E-state index in [2.05, 4.69) is 30.7 Å². The molecule has 0 spiro atoms. The number of fused-ring (bicyclic) bond motifs is 1. The first kappa shape index (κ1) is 15.4. The summed E-state index contributed by atoms with van der Waals surface area (Å²) in [6.45, 7) is 4.10. The van der Waals surface area contributed by atoms with E-state index in [1.807, 2.05) is 42.6 Å². The van der Waals surface area contributed by atoms with Gasteiger partial charge >= 0.3 is 5.76 Å². The Hall–Kier alpha value is -2.12. The number of hydrogen-bond acceptors (Lipinski definition) is 5. The number of aromatic nitrogens is 2. The number of anilines is 1. The van der Waals surface area contributed by atoms with Gasteiger partial charge in [-0.1, -0.05) is 22.0 Å². The smallest absolute Gasteiger partial charge is 0.408 e. The minimum Gasteiger partial charge on any atom is -0.408 e. The number of hydrogen-bond donors (Lipinski definition) is 0. The van der Waals surface area contributed by atoms with Crippen molar-refractivity contribution in [2.75, 3.05) is 31.1 Å². The lowest BCUT2D eigenvalue weighted by Crippen LogP contribution is -2.47. The third kappa shape index (κ3) is 2.97. The summed E-state index contributed by atoms with van der Waals surface area (Å²) in [7, 11) is 0. The largest absolute Gasteiger partial charge is 0.421 e. The summed E-state index contributed by atoms with van der Waals surface area (Å²) >= 11 is 3.40. The highest BCUT2D eigenvalue weighted by Gasteiger charge is 2.20. The minimum absolute atomic E-state index is 0.310. The molecule has 24 heavy (non-hydrogen) atoms. The quantitative estimate of drug-likeness (QED) is 0.689. The van der Waals surface area contributed by atoms with E-state index in [4.69, 9.17) is 4.42 Å². The Balaban J connectivity index is 1.48. The number of rotatable bonds is 3. The summed E-state index contributed by atoms with van der Waals surface area (Å²) in [6.07, 6.45) is 1.82. The molecule has 7 heteroatoms. The van der Waals surface area contributed by atoms with Crippen LogP contribution >= 0.6 is 15.9 Å². The van der Waals surface area contributed by atoms with E-state index in [-0.39, 0.29) is 5.76 Å². The average molecular weight is 389 g/mol. The molecule has 0 aliphatic carbocycles. The van der Waals surface area contributed by atoms with Crippen LogP contribution in [0.1, 0.15) is 0 Å². The average Bonchev–Trinajstić information content (AvgIpc) is 2.91. The highest BCUT2D eigenvalue weighted by Crippen LogP contribution is 2.19. The van der Waals surface area contributed by atoms with Crippen molar-refractivity contribution in [3.05, 3.63) is 57.6 Å². The molecule has 3 heterocycles. The van der Waals surface area contributed by atoms with Gasteiger partial charge in [-0.15, -0.1) is 0 Å². The number of piperazine rings is 1. The molecule has 2 aromatic heterocycles. The Kier molecular flexibility index (Phi) is 4.12. The molecule has 0 amide bonds. The molecule has 1 aromatic carbocycles. The third-order valence-corrected chi connectivity index (χ3v) is 4.81. The maximum Gasteiger partial charge on any atom is 0.421 e. The van der Waals surface area contributed by atoms with Crippen LogP contribution in [0.3, 0.4) is 0 Å². The van der Waals surface area contributed by atoms with Gasteiger partial charge in [-0.3, -0.25) is 9.47 Å². The van der Waals surface area contributed by atoms with E-state index < -0.39 is 0 Å². The topological polar surface area (TPSA) is 54.5 Å². The summed E-state index contributed by atoms with van der Waals surface area (Å²) < 4.78 is 7.94. The maximum absolute atomic E-state index is 12.1. The van der Waals surface area contributed by atoms with Gasteiger partial charge in [0.25, 0.3) is 0 Å². The fourth-order valence-electron chi connectivity index (χ4n) is 3.03. The summed E-state index contributed by atoms with van der Waals surface area (Å²) in [4.78, 5) is 21.1. The third-order valence-electron chi connectivity index (χ3n) is 4.32. The van der Waals surface area contributed by atoms with Gasteiger partial charge in [0.1, 0.15) is 5.82 Å². The zero-order valence-corrected chi connectivity index (χ0v) is 14.6. The molecular weight excluding hydrogens is 372 g/mol. The van der Waals surface area contributed by atoms with Crippen molar-refractivity contribution in [3.8, 4) is 0 Å². The lowest BCUT2D eigenvalue weighted by molar-refractivity contribution is 0.201. The van der Waals surface area contributed by atoms with Gasteiger partial charge in [-0.2, -0.15) is 0 Å². The van der Waals surface area contributed by atoms with Crippen LogP contribution in [0.25, 0.3) is 11.1 Å². The lowest BCUT2D eigenvalue weighted by atomic mass is 10.3. The Morgan fingerprint density at radius 1 is 1.12 bits per heavy atom. The van der Waals surface area contributed by atoms with E-state index in [0.717, 1.165) is 42.0 Å². The summed E-state index contributed by atoms with van der Waals surface area (Å²) in [5, 5.41) is 0. The first-order valence-corrected chi connectivity index (χ1v) is 8.67. The molecule has 0 unspecified atom stereocenters. The molecule has 0 atom stereocenters. The Labute approximate surface area is 147 Å². The molecule has 4 rings (SSSR count). The first-order valence-electron chi connectivity index (χ1n) is 7.88. The van der Waals surface area contributed by atoms with Crippen molar-refractivity contribution in [1.29, 1.82) is 0 Å². The van der Waals surface area contributed by atoms with Crippen LogP contribution in [0.4, 0.5) is 5.82 Å². The second-order valence-electron chi connectivity index (χ2n) is 5.84. The normalized spacial score (nSPS) is 16.0. The molecular formula is C17H17BrN4O2. The van der Waals surface area contributed by atoms with Crippen molar-refractivity contribution in [1.82, 2.24) is 14.5 Å². The van der Waals surface area contributed by atoms with Gasteiger partial charge in [-0.05, 0) is 30.3 Å². The first-order chi connectivity index (χ1) is 11.7. The van der Waals surface area contributed by atoms with Crippen molar-refractivity contribution in [2.24, 2.45) is 0 Å². The SMILES string of the molecule is O=c1oc2cc(Br)ccc2n1CN1CCN(c2ccccn2)CC1. The molecule has 6 nitrogen and oxygen atoms in total. The molecule has 1 saturated heterocycles. The number of pyridine rings is 1. The van der Waals surface area contributed by atoms with Crippen molar-refractivity contribution in [3.63, 3.8) is 0 Å². The fourth-order valence-corrected chi connectivity index (χ4v) is 3.37. The van der Waals surface area contributed by atoms with Gasteiger partial charge in [0.2, 0.25) is 0 Å². The molecule has 1 fully saturated rings. The van der Waals surface area contributed by atoms with Gasteiger partial charge in [0.15, 0.2) is 5.58 Å². The lowest BCUT2D eigenvalue weighted by Gasteiger charge is -2.35. The van der Waals surface area contributed by atoms with E-state index >= 15 is 0 Å². The molecule has 3 aromatic rings. The predicted molar refractivity (Wildman–Crippen MR) is 96.2 cm³/mol. The Bertz CT molecular complexity index is 898. The van der Waals surface area contributed by atoms with Crippen LogP contribution in [0, 0.1) is 0 Å². The zero-order valence-electron chi connectivity index (χ0n) is 13.1. The van der Waals surface area contributed by atoms with Gasteiger partial charge in [0.05, 0.1) is 12.2 Å². The molecule has 0 N–H and O–H groups in total. The van der Waals surface area contributed by atoms with Crippen molar-refractivity contribution in [2.45, 2.75) is 6.67 Å². The zero-order chi connectivity index (χ0) is 16.5. The standard InChI is InChI=1S/C17H17BrN4O2/c18-13-4-5-14-15(11-13)24-17(23)22(14)12-20-7-9-21(10-8-20)16-3-1-2-6-19-16/h1-6,11H,7-10,12H2. The summed E-state index contributed by atoms with van der Waals surface area (Å²) in [5.41, 5.74) is 1.44. The molecule has 0 radical (unpaired) electrons. The highest BCUT2D eigenvalue weighted by atomic mass is 79.9. The van der Waals surface area contributed by atoms with Gasteiger partial charge in [0, 0.05) is 36.8 Å². The minimum atomic E-state index is -0.310. The molecule has 1 aliphatic heterocycles. The number of benzene rings is 1. The van der Waals surface area contributed by atoms with E-state index in [9.17, 15) is 4.79 Å². The number of halogens is 1. The maximum atomic E-state index is 12.1. The highest BCUT2D eigenvalue weighted by molar-refractivity contribution is 9.10. The Morgan fingerprint density at radius 2 is 1.96 bits per heavy atom. The van der Waals surface area contributed by atoms with E-state index in [1.165, 1.54) is 0 Å². The number of nitrogens with zero attached hydrogens (tertiary/aromatic N) is 4. The van der Waals surface area contributed by atoms with Crippen LogP contribution < -0.4 is 10.7 Å². The van der Waals surface area contributed by atoms with Crippen LogP contribution in [0.5, 0.6) is 0 Å². The van der Waals surface area contributed by atoms with Gasteiger partial charge in [-0.25, -0.2) is 9.78 Å². The fraction of sp³-hybridized carbons (Fsp3) is 0.294. The van der Waals surface area contributed by atoms with E-state index in [1.54, 1.807) is 4.57 Å². The van der Waals surface area contributed by atoms with Crippen molar-refractivity contribution < 1.29 is 4.42 Å². The second-order valence-corrected chi connectivity index (χ2v) is 6.76. The molecule has 0 saturated carbocycles. The molecule has 0 bridgehead atoms. The van der Waals surface area contributed by atoms with E-state index in [0.29, 0.717) is 12.3 Å². The van der Waals surface area contributed by atoms with Crippen LogP contribution in [-0.4, -0.2) is 40.6 Å². The Morgan fingerprint density at radius 3 is 2.71 bits per heavy atom. The summed E-state index contributed by atoms with van der Waals surface area (Å²) in [5.74, 6) is 0.697. The van der Waals surface area contributed by atoms with Crippen molar-refractivity contribution >= 4 is 32.8 Å². The second kappa shape index (κ2) is 6.41. The van der Waals surface area contributed by atoms with Crippen LogP contribution in [-0.2, 0) is 6.67 Å². The van der Waals surface area contributed by atoms with Crippen LogP contribution in [0.2, 0.25) is 0 Å². The monoisotopic (exact) mass is 388 g/mol. The number of oxazole rings is 1.